The van der Waals surface area contributed by atoms with Gasteiger partial charge in [0.2, 0.25) is 5.91 Å². The van der Waals surface area contributed by atoms with Crippen LogP contribution in [0.4, 0.5) is 5.69 Å². The first kappa shape index (κ1) is 32.4. The van der Waals surface area contributed by atoms with Gasteiger partial charge in [-0.2, -0.15) is 0 Å². The monoisotopic (exact) mass is 616 g/mol. The zero-order valence-corrected chi connectivity index (χ0v) is 26.4. The number of nitrogens with zero attached hydrogens (tertiary/aromatic N) is 2. The molecule has 2 aromatic carbocycles. The maximum Gasteiger partial charge on any atom is 0.312 e. The lowest BCUT2D eigenvalue weighted by Gasteiger charge is -2.39. The maximum absolute atomic E-state index is 15.0. The molecule has 45 heavy (non-hydrogen) atoms. The summed E-state index contributed by atoms with van der Waals surface area (Å²) in [6, 6.07) is 14.3. The van der Waals surface area contributed by atoms with E-state index in [4.69, 9.17) is 14.2 Å². The minimum Gasteiger partial charge on any atom is -0.497 e. The van der Waals surface area contributed by atoms with E-state index >= 15 is 0 Å². The van der Waals surface area contributed by atoms with E-state index in [0.29, 0.717) is 29.8 Å². The van der Waals surface area contributed by atoms with Gasteiger partial charge in [-0.1, -0.05) is 49.4 Å². The SMILES string of the molecule is C=CCCCCOC(=O)[C@H]1[C@H]2C(=O)N([C@H](CO)c3ccccc3)C(C(=O)N(CC=C)c3ccc(OC)cc3)C23CC(C)[C@]1(C)O3. The van der Waals surface area contributed by atoms with Crippen molar-refractivity contribution in [2.24, 2.45) is 17.8 Å². The van der Waals surface area contributed by atoms with E-state index in [0.717, 1.165) is 12.8 Å². The zero-order chi connectivity index (χ0) is 32.4. The molecule has 0 aliphatic carbocycles. The molecule has 5 rings (SSSR count). The third-order valence-electron chi connectivity index (χ3n) is 9.94. The number of hydrogen-bond donors (Lipinski definition) is 1. The molecule has 2 amide bonds. The van der Waals surface area contributed by atoms with Gasteiger partial charge in [0.1, 0.15) is 23.3 Å². The Balaban J connectivity index is 1.60. The molecule has 0 saturated carbocycles. The standard InChI is InChI=1S/C36H44N2O7/c1-6-8-9-13-21-44-34(42)30-29-32(40)38(28(23-39)25-14-11-10-12-15-25)31(36(29)22-24(3)35(30,4)45-36)33(41)37(20-7-2)26-16-18-27(43-5)19-17-26/h6-7,10-12,14-19,24,28-31,39H,1-2,8-9,13,20-23H2,3-5H3/t24?,28-,29+,30-,31?,35+,36?/m1/s1. The second kappa shape index (κ2) is 13.2. The largest absolute Gasteiger partial charge is 0.497 e. The van der Waals surface area contributed by atoms with Gasteiger partial charge in [-0.15, -0.1) is 13.2 Å². The highest BCUT2D eigenvalue weighted by Gasteiger charge is 2.81. The molecule has 0 radical (unpaired) electrons. The molecule has 9 heteroatoms. The molecule has 3 saturated heterocycles. The lowest BCUT2D eigenvalue weighted by atomic mass is 9.62. The molecule has 3 unspecified atom stereocenters. The lowest BCUT2D eigenvalue weighted by molar-refractivity contribution is -0.162. The predicted molar refractivity (Wildman–Crippen MR) is 170 cm³/mol. The number of benzene rings is 2. The second-order valence-corrected chi connectivity index (χ2v) is 12.4. The van der Waals surface area contributed by atoms with Gasteiger partial charge in [0, 0.05) is 12.2 Å². The van der Waals surface area contributed by atoms with Gasteiger partial charge in [0.05, 0.1) is 37.9 Å². The van der Waals surface area contributed by atoms with Crippen LogP contribution < -0.4 is 9.64 Å². The summed E-state index contributed by atoms with van der Waals surface area (Å²) in [6.45, 7) is 11.5. The molecule has 3 aliphatic heterocycles. The lowest BCUT2D eigenvalue weighted by Crippen LogP contribution is -2.57. The first-order valence-electron chi connectivity index (χ1n) is 15.7. The molecule has 2 aromatic rings. The molecule has 0 aromatic heterocycles. The molecule has 3 fully saturated rings. The number of allylic oxidation sites excluding steroid dienone is 1. The fourth-order valence-corrected chi connectivity index (χ4v) is 7.69. The van der Waals surface area contributed by atoms with Gasteiger partial charge >= 0.3 is 5.97 Å². The minimum atomic E-state index is -1.30. The number of carbonyl (C=O) groups is 3. The number of carbonyl (C=O) groups excluding carboxylic acids is 3. The van der Waals surface area contributed by atoms with Crippen LogP contribution in [0.25, 0.3) is 0 Å². The molecular weight excluding hydrogens is 572 g/mol. The molecular formula is C36H44N2O7. The van der Waals surface area contributed by atoms with Crippen LogP contribution in [0.2, 0.25) is 0 Å². The minimum absolute atomic E-state index is 0.145. The Morgan fingerprint density at radius 1 is 1.13 bits per heavy atom. The first-order chi connectivity index (χ1) is 21.7. The van der Waals surface area contributed by atoms with Gasteiger partial charge in [0.25, 0.3) is 5.91 Å². The van der Waals surface area contributed by atoms with Gasteiger partial charge in [0.15, 0.2) is 0 Å². The normalized spacial score (nSPS) is 28.8. The van der Waals surface area contributed by atoms with Crippen LogP contribution in [0.3, 0.4) is 0 Å². The number of hydrogen-bond acceptors (Lipinski definition) is 7. The van der Waals surface area contributed by atoms with E-state index < -0.39 is 53.6 Å². The summed E-state index contributed by atoms with van der Waals surface area (Å²) in [5, 5.41) is 10.8. The molecule has 240 valence electrons. The van der Waals surface area contributed by atoms with Crippen molar-refractivity contribution >= 4 is 23.5 Å². The van der Waals surface area contributed by atoms with Crippen LogP contribution in [-0.2, 0) is 23.9 Å². The van der Waals surface area contributed by atoms with Crippen LogP contribution >= 0.6 is 0 Å². The molecule has 9 nitrogen and oxygen atoms in total. The third-order valence-corrected chi connectivity index (χ3v) is 9.94. The number of fused-ring (bicyclic) bond motifs is 1. The Morgan fingerprint density at radius 3 is 2.47 bits per heavy atom. The number of methoxy groups -OCH3 is 1. The van der Waals surface area contributed by atoms with Crippen LogP contribution in [0.1, 0.15) is 51.1 Å². The van der Waals surface area contributed by atoms with Crippen molar-refractivity contribution in [2.75, 3.05) is 31.8 Å². The summed E-state index contributed by atoms with van der Waals surface area (Å²) in [4.78, 5) is 46.6. The summed E-state index contributed by atoms with van der Waals surface area (Å²) < 4.78 is 18.0. The highest BCUT2D eigenvalue weighted by molar-refractivity contribution is 6.05. The van der Waals surface area contributed by atoms with Gasteiger partial charge in [-0.05, 0) is 68.4 Å². The molecule has 3 heterocycles. The van der Waals surface area contributed by atoms with Crippen molar-refractivity contribution in [1.82, 2.24) is 4.90 Å². The number of amides is 2. The van der Waals surface area contributed by atoms with Gasteiger partial charge < -0.3 is 29.1 Å². The van der Waals surface area contributed by atoms with Gasteiger partial charge in [-0.25, -0.2) is 0 Å². The third kappa shape index (κ3) is 5.46. The first-order valence-corrected chi connectivity index (χ1v) is 15.7. The number of unbranched alkanes of at least 4 members (excludes halogenated alkanes) is 2. The second-order valence-electron chi connectivity index (χ2n) is 12.4. The summed E-state index contributed by atoms with van der Waals surface area (Å²) in [5.41, 5.74) is -1.04. The smallest absolute Gasteiger partial charge is 0.312 e. The quantitative estimate of drug-likeness (QED) is 0.184. The Hall–Kier alpha value is -3.95. The maximum atomic E-state index is 15.0. The van der Waals surface area contributed by atoms with Crippen molar-refractivity contribution in [3.05, 3.63) is 85.5 Å². The number of likely N-dealkylation sites (tertiary alicyclic amines) is 1. The fourth-order valence-electron chi connectivity index (χ4n) is 7.69. The number of ether oxygens (including phenoxy) is 3. The molecule has 2 bridgehead atoms. The summed E-state index contributed by atoms with van der Waals surface area (Å²) in [7, 11) is 1.57. The average molecular weight is 617 g/mol. The van der Waals surface area contributed by atoms with Crippen LogP contribution in [0, 0.1) is 17.8 Å². The van der Waals surface area contributed by atoms with Crippen molar-refractivity contribution in [2.45, 2.75) is 62.8 Å². The summed E-state index contributed by atoms with van der Waals surface area (Å²) in [5.74, 6) is -2.63. The highest BCUT2D eigenvalue weighted by atomic mass is 16.6. The van der Waals surface area contributed by atoms with E-state index in [1.807, 2.05) is 50.3 Å². The zero-order valence-electron chi connectivity index (χ0n) is 26.4. The Labute approximate surface area is 265 Å². The molecule has 3 aliphatic rings. The Kier molecular flexibility index (Phi) is 9.51. The Bertz CT molecular complexity index is 1410. The van der Waals surface area contributed by atoms with E-state index in [9.17, 15) is 19.5 Å². The number of esters is 1. The van der Waals surface area contributed by atoms with Gasteiger partial charge in [-0.3, -0.25) is 14.4 Å². The molecule has 7 atom stereocenters. The fraction of sp³-hybridized carbons (Fsp3) is 0.472. The number of anilines is 1. The van der Waals surface area contributed by atoms with Crippen LogP contribution in [0.5, 0.6) is 5.75 Å². The average Bonchev–Trinajstić information content (AvgIpc) is 3.57. The van der Waals surface area contributed by atoms with E-state index in [2.05, 4.69) is 13.2 Å². The molecule has 1 N–H and O–H groups in total. The van der Waals surface area contributed by atoms with Crippen molar-refractivity contribution in [3.8, 4) is 5.75 Å². The Morgan fingerprint density at radius 2 is 1.84 bits per heavy atom. The van der Waals surface area contributed by atoms with Crippen molar-refractivity contribution < 1.29 is 33.7 Å². The van der Waals surface area contributed by atoms with Crippen molar-refractivity contribution in [3.63, 3.8) is 0 Å². The van der Waals surface area contributed by atoms with E-state index in [1.54, 1.807) is 42.4 Å². The topological polar surface area (TPSA) is 106 Å². The van der Waals surface area contributed by atoms with E-state index in [1.165, 1.54) is 4.90 Å². The van der Waals surface area contributed by atoms with Crippen LogP contribution in [-0.4, -0.2) is 71.9 Å². The van der Waals surface area contributed by atoms with Crippen molar-refractivity contribution in [1.29, 1.82) is 0 Å². The number of rotatable bonds is 14. The van der Waals surface area contributed by atoms with E-state index in [-0.39, 0.29) is 25.0 Å². The number of aliphatic hydroxyl groups is 1. The number of aliphatic hydroxyl groups excluding tert-OH is 1. The summed E-state index contributed by atoms with van der Waals surface area (Å²) in [6.07, 6.45) is 6.18. The predicted octanol–water partition coefficient (Wildman–Crippen LogP) is 4.86. The summed E-state index contributed by atoms with van der Waals surface area (Å²) >= 11 is 0. The highest BCUT2D eigenvalue weighted by Crippen LogP contribution is 2.66. The van der Waals surface area contributed by atoms with Crippen LogP contribution in [0.15, 0.2) is 79.9 Å². The molecule has 1 spiro atoms.